The average Bonchev–Trinajstić information content (AvgIpc) is 2.51. The van der Waals surface area contributed by atoms with Gasteiger partial charge in [0, 0.05) is 25.2 Å². The maximum Gasteiger partial charge on any atom is 0.0235 e. The molecule has 1 saturated carbocycles. The van der Waals surface area contributed by atoms with Gasteiger partial charge in [-0.3, -0.25) is 4.90 Å². The van der Waals surface area contributed by atoms with Crippen LogP contribution in [0, 0.1) is 0 Å². The first-order valence-corrected chi connectivity index (χ1v) is 5.32. The molecule has 2 rings (SSSR count). The van der Waals surface area contributed by atoms with E-state index in [2.05, 4.69) is 17.3 Å². The normalized spacial score (nSPS) is 32.2. The summed E-state index contributed by atoms with van der Waals surface area (Å²) in [5, 5.41) is 3.28. The summed E-state index contributed by atoms with van der Waals surface area (Å²) in [5.41, 5.74) is 0. The van der Waals surface area contributed by atoms with Crippen LogP contribution in [0.5, 0.6) is 0 Å². The van der Waals surface area contributed by atoms with Crippen LogP contribution in [0.15, 0.2) is 0 Å². The zero-order valence-electron chi connectivity index (χ0n) is 8.05. The molecule has 1 atom stereocenters. The van der Waals surface area contributed by atoms with Crippen molar-refractivity contribution in [2.24, 2.45) is 0 Å². The first-order chi connectivity index (χ1) is 5.92. The summed E-state index contributed by atoms with van der Waals surface area (Å²) in [7, 11) is 2.06. The molecule has 0 aromatic carbocycles. The molecule has 1 unspecified atom stereocenters. The summed E-state index contributed by atoms with van der Waals surface area (Å²) in [6, 6.07) is 1.80. The number of nitrogens with one attached hydrogen (secondary N) is 1. The molecule has 12 heavy (non-hydrogen) atoms. The van der Waals surface area contributed by atoms with Gasteiger partial charge in [-0.05, 0) is 26.3 Å². The fraction of sp³-hybridized carbons (Fsp3) is 1.00. The Hall–Kier alpha value is -0.0800. The van der Waals surface area contributed by atoms with E-state index >= 15 is 0 Å². The first-order valence-electron chi connectivity index (χ1n) is 5.32. The van der Waals surface area contributed by atoms with Crippen molar-refractivity contribution in [1.29, 1.82) is 0 Å². The number of nitrogens with zero attached hydrogens (tertiary/aromatic N) is 1. The highest BCUT2D eigenvalue weighted by Gasteiger charge is 2.34. The molecule has 1 N–H and O–H groups in total. The Labute approximate surface area is 75.3 Å². The highest BCUT2D eigenvalue weighted by Crippen LogP contribution is 2.30. The molecule has 1 aliphatic carbocycles. The van der Waals surface area contributed by atoms with Crippen molar-refractivity contribution in [2.45, 2.75) is 44.2 Å². The van der Waals surface area contributed by atoms with Gasteiger partial charge >= 0.3 is 0 Å². The third kappa shape index (κ3) is 1.50. The zero-order chi connectivity index (χ0) is 8.39. The molecule has 0 bridgehead atoms. The second-order valence-corrected chi connectivity index (χ2v) is 4.18. The molecule has 0 aromatic heterocycles. The molecule has 2 heteroatoms. The van der Waals surface area contributed by atoms with Crippen molar-refractivity contribution < 1.29 is 0 Å². The van der Waals surface area contributed by atoms with Crippen molar-refractivity contribution in [3.8, 4) is 0 Å². The second kappa shape index (κ2) is 3.75. The van der Waals surface area contributed by atoms with E-state index in [9.17, 15) is 0 Å². The molecule has 1 aliphatic heterocycles. The predicted octanol–water partition coefficient (Wildman–Crippen LogP) is 1.22. The van der Waals surface area contributed by atoms with Gasteiger partial charge in [-0.2, -0.15) is 0 Å². The SMILES string of the molecule is CNCC1CCN1C1CCCC1. The van der Waals surface area contributed by atoms with E-state index in [4.69, 9.17) is 0 Å². The summed E-state index contributed by atoms with van der Waals surface area (Å²) in [6.45, 7) is 2.55. The summed E-state index contributed by atoms with van der Waals surface area (Å²) in [4.78, 5) is 2.71. The minimum absolute atomic E-state index is 0.859. The van der Waals surface area contributed by atoms with Gasteiger partial charge in [-0.15, -0.1) is 0 Å². The van der Waals surface area contributed by atoms with Gasteiger partial charge in [0.1, 0.15) is 0 Å². The van der Waals surface area contributed by atoms with E-state index in [0.29, 0.717) is 0 Å². The van der Waals surface area contributed by atoms with Crippen LogP contribution < -0.4 is 5.32 Å². The lowest BCUT2D eigenvalue weighted by molar-refractivity contribution is 0.0450. The molecule has 2 fully saturated rings. The Morgan fingerprint density at radius 2 is 2.00 bits per heavy atom. The van der Waals surface area contributed by atoms with Crippen LogP contribution in [0.1, 0.15) is 32.1 Å². The van der Waals surface area contributed by atoms with Crippen LogP contribution in [-0.2, 0) is 0 Å². The van der Waals surface area contributed by atoms with Gasteiger partial charge in [0.2, 0.25) is 0 Å². The van der Waals surface area contributed by atoms with E-state index in [1.165, 1.54) is 45.2 Å². The van der Waals surface area contributed by atoms with Crippen molar-refractivity contribution in [3.05, 3.63) is 0 Å². The molecular weight excluding hydrogens is 148 g/mol. The fourth-order valence-corrected chi connectivity index (χ4v) is 2.63. The van der Waals surface area contributed by atoms with Gasteiger partial charge in [0.15, 0.2) is 0 Å². The third-order valence-corrected chi connectivity index (χ3v) is 3.42. The summed E-state index contributed by atoms with van der Waals surface area (Å²) in [6.07, 6.45) is 7.26. The van der Waals surface area contributed by atoms with Crippen molar-refractivity contribution in [2.75, 3.05) is 20.1 Å². The molecule has 70 valence electrons. The van der Waals surface area contributed by atoms with E-state index in [1.807, 2.05) is 0 Å². The van der Waals surface area contributed by atoms with Gasteiger partial charge in [-0.1, -0.05) is 12.8 Å². The number of hydrogen-bond donors (Lipinski definition) is 1. The Morgan fingerprint density at radius 1 is 1.25 bits per heavy atom. The number of rotatable bonds is 3. The summed E-state index contributed by atoms with van der Waals surface area (Å²) >= 11 is 0. The van der Waals surface area contributed by atoms with E-state index in [0.717, 1.165) is 12.1 Å². The maximum absolute atomic E-state index is 3.28. The summed E-state index contributed by atoms with van der Waals surface area (Å²) in [5.74, 6) is 0. The maximum atomic E-state index is 3.28. The number of hydrogen-bond acceptors (Lipinski definition) is 2. The number of likely N-dealkylation sites (tertiary alicyclic amines) is 1. The topological polar surface area (TPSA) is 15.3 Å². The lowest BCUT2D eigenvalue weighted by Crippen LogP contribution is -2.55. The molecule has 0 amide bonds. The Morgan fingerprint density at radius 3 is 2.50 bits per heavy atom. The number of likely N-dealkylation sites (N-methyl/N-ethyl adjacent to an activating group) is 1. The van der Waals surface area contributed by atoms with Crippen LogP contribution in [0.4, 0.5) is 0 Å². The standard InChI is InChI=1S/C10H20N2/c1-11-8-10-6-7-12(10)9-4-2-3-5-9/h9-11H,2-8H2,1H3. The summed E-state index contributed by atoms with van der Waals surface area (Å²) < 4.78 is 0. The smallest absolute Gasteiger partial charge is 0.0235 e. The van der Waals surface area contributed by atoms with Crippen molar-refractivity contribution in [1.82, 2.24) is 10.2 Å². The molecule has 2 nitrogen and oxygen atoms in total. The minimum Gasteiger partial charge on any atom is -0.318 e. The van der Waals surface area contributed by atoms with Crippen LogP contribution >= 0.6 is 0 Å². The molecule has 0 aromatic rings. The lowest BCUT2D eigenvalue weighted by atomic mass is 9.99. The molecule has 0 spiro atoms. The van der Waals surface area contributed by atoms with Crippen molar-refractivity contribution in [3.63, 3.8) is 0 Å². The predicted molar refractivity (Wildman–Crippen MR) is 51.3 cm³/mol. The second-order valence-electron chi connectivity index (χ2n) is 4.18. The quantitative estimate of drug-likeness (QED) is 0.681. The van der Waals surface area contributed by atoms with Gasteiger partial charge in [-0.25, -0.2) is 0 Å². The van der Waals surface area contributed by atoms with Crippen LogP contribution in [0.2, 0.25) is 0 Å². The molecule has 2 aliphatic rings. The van der Waals surface area contributed by atoms with Gasteiger partial charge < -0.3 is 5.32 Å². The van der Waals surface area contributed by atoms with Crippen LogP contribution in [0.25, 0.3) is 0 Å². The molecule has 1 saturated heterocycles. The Bertz CT molecular complexity index is 141. The zero-order valence-corrected chi connectivity index (χ0v) is 8.05. The van der Waals surface area contributed by atoms with E-state index in [1.54, 1.807) is 0 Å². The van der Waals surface area contributed by atoms with Gasteiger partial charge in [0.05, 0.1) is 0 Å². The van der Waals surface area contributed by atoms with Crippen LogP contribution in [0.3, 0.4) is 0 Å². The molecular formula is C10H20N2. The third-order valence-electron chi connectivity index (χ3n) is 3.42. The highest BCUT2D eigenvalue weighted by atomic mass is 15.3. The fourth-order valence-electron chi connectivity index (χ4n) is 2.63. The average molecular weight is 168 g/mol. The minimum atomic E-state index is 0.859. The first kappa shape index (κ1) is 8.52. The van der Waals surface area contributed by atoms with Crippen LogP contribution in [-0.4, -0.2) is 37.1 Å². The van der Waals surface area contributed by atoms with Crippen molar-refractivity contribution >= 4 is 0 Å². The monoisotopic (exact) mass is 168 g/mol. The Balaban J connectivity index is 1.79. The molecule has 1 heterocycles. The molecule has 0 radical (unpaired) electrons. The van der Waals surface area contributed by atoms with E-state index in [-0.39, 0.29) is 0 Å². The largest absolute Gasteiger partial charge is 0.318 e. The lowest BCUT2D eigenvalue weighted by Gasteiger charge is -2.45. The van der Waals surface area contributed by atoms with E-state index < -0.39 is 0 Å². The van der Waals surface area contributed by atoms with Gasteiger partial charge in [0.25, 0.3) is 0 Å². The Kier molecular flexibility index (Phi) is 2.66. The highest BCUT2D eigenvalue weighted by molar-refractivity contribution is 4.90.